The van der Waals surface area contributed by atoms with Crippen LogP contribution in [0.3, 0.4) is 0 Å². The Kier molecular flexibility index (Phi) is 7.53. The van der Waals surface area contributed by atoms with Crippen LogP contribution in [0.25, 0.3) is 0 Å². The van der Waals surface area contributed by atoms with Crippen molar-refractivity contribution in [2.24, 2.45) is 4.99 Å². The third-order valence-corrected chi connectivity index (χ3v) is 5.57. The fourth-order valence-corrected chi connectivity index (χ4v) is 4.01. The van der Waals surface area contributed by atoms with E-state index < -0.39 is 5.60 Å². The average molecular weight is 417 g/mol. The number of fused-ring (bicyclic) bond motifs is 1. The average Bonchev–Trinajstić information content (AvgIpc) is 3.16. The van der Waals surface area contributed by atoms with Crippen LogP contribution in [-0.2, 0) is 25.0 Å². The molecule has 3 rings (SSSR count). The second-order valence-electron chi connectivity index (χ2n) is 8.32. The highest BCUT2D eigenvalue weighted by molar-refractivity contribution is 5.79. The number of nitrogens with zero attached hydrogens (tertiary/aromatic N) is 4. The van der Waals surface area contributed by atoms with Crippen LogP contribution in [0.15, 0.2) is 15.5 Å². The predicted molar refractivity (Wildman–Crippen MR) is 118 cm³/mol. The summed E-state index contributed by atoms with van der Waals surface area (Å²) >= 11 is 0. The maximum atomic E-state index is 10.9. The molecule has 0 spiro atoms. The van der Waals surface area contributed by atoms with Gasteiger partial charge in [0.05, 0.1) is 6.54 Å². The standard InChI is InChI=1S/C22H36N6O2/c1-5-23-21(25-15-22(4,29)18-14-16(2)30-17(18)3)24-12-9-11-20-27-26-19-10-7-6-8-13-28(19)20/h14,29H,5-13,15H2,1-4H3,(H2,23,24,25). The van der Waals surface area contributed by atoms with Crippen LogP contribution in [0.2, 0.25) is 0 Å². The first-order chi connectivity index (χ1) is 14.4. The van der Waals surface area contributed by atoms with E-state index in [0.717, 1.165) is 67.6 Å². The summed E-state index contributed by atoms with van der Waals surface area (Å²) in [7, 11) is 0. The van der Waals surface area contributed by atoms with Crippen molar-refractivity contribution in [1.82, 2.24) is 25.4 Å². The number of hydrogen-bond acceptors (Lipinski definition) is 5. The zero-order valence-corrected chi connectivity index (χ0v) is 18.8. The normalized spacial score (nSPS) is 16.6. The zero-order valence-electron chi connectivity index (χ0n) is 18.8. The van der Waals surface area contributed by atoms with Crippen molar-refractivity contribution in [1.29, 1.82) is 0 Å². The van der Waals surface area contributed by atoms with Crippen molar-refractivity contribution in [2.75, 3.05) is 19.6 Å². The molecule has 1 atom stereocenters. The van der Waals surface area contributed by atoms with E-state index in [1.165, 1.54) is 19.3 Å². The van der Waals surface area contributed by atoms with Crippen LogP contribution < -0.4 is 10.6 Å². The third-order valence-electron chi connectivity index (χ3n) is 5.57. The summed E-state index contributed by atoms with van der Waals surface area (Å²) in [5, 5.41) is 26.3. The van der Waals surface area contributed by atoms with Gasteiger partial charge in [0.25, 0.3) is 0 Å². The molecule has 0 amide bonds. The summed E-state index contributed by atoms with van der Waals surface area (Å²) in [6.07, 6.45) is 6.57. The molecule has 8 heteroatoms. The highest BCUT2D eigenvalue weighted by atomic mass is 16.3. The predicted octanol–water partition coefficient (Wildman–Crippen LogP) is 2.61. The molecule has 166 valence electrons. The molecule has 0 aromatic carbocycles. The molecule has 2 aromatic heterocycles. The second kappa shape index (κ2) is 10.1. The van der Waals surface area contributed by atoms with E-state index in [1.54, 1.807) is 6.92 Å². The largest absolute Gasteiger partial charge is 0.466 e. The van der Waals surface area contributed by atoms with Crippen LogP contribution in [0.1, 0.15) is 68.3 Å². The van der Waals surface area contributed by atoms with Crippen molar-refractivity contribution in [3.05, 3.63) is 34.8 Å². The van der Waals surface area contributed by atoms with Crippen molar-refractivity contribution in [2.45, 2.75) is 78.4 Å². The first kappa shape index (κ1) is 22.3. The van der Waals surface area contributed by atoms with Crippen molar-refractivity contribution < 1.29 is 9.52 Å². The SMILES string of the molecule is CCNC(=NCC(C)(O)c1cc(C)oc1C)NCCCc1nnc2n1CCCCC2. The molecule has 3 N–H and O–H groups in total. The van der Waals surface area contributed by atoms with Crippen LogP contribution in [0.4, 0.5) is 0 Å². The molecular weight excluding hydrogens is 380 g/mol. The van der Waals surface area contributed by atoms with E-state index in [4.69, 9.17) is 4.42 Å². The van der Waals surface area contributed by atoms with Gasteiger partial charge in [-0.05, 0) is 53.0 Å². The maximum absolute atomic E-state index is 10.9. The molecule has 0 fully saturated rings. The summed E-state index contributed by atoms with van der Waals surface area (Å²) < 4.78 is 7.87. The highest BCUT2D eigenvalue weighted by Crippen LogP contribution is 2.27. The molecule has 0 saturated carbocycles. The number of hydrogen-bond donors (Lipinski definition) is 3. The lowest BCUT2D eigenvalue weighted by atomic mass is 9.96. The molecule has 0 bridgehead atoms. The molecule has 8 nitrogen and oxygen atoms in total. The Balaban J connectivity index is 1.53. The summed E-state index contributed by atoms with van der Waals surface area (Å²) in [5.41, 5.74) is -0.296. The summed E-state index contributed by atoms with van der Waals surface area (Å²) in [6.45, 7) is 10.4. The van der Waals surface area contributed by atoms with E-state index >= 15 is 0 Å². The van der Waals surface area contributed by atoms with Gasteiger partial charge in [0.2, 0.25) is 0 Å². The van der Waals surface area contributed by atoms with Gasteiger partial charge >= 0.3 is 0 Å². The van der Waals surface area contributed by atoms with Gasteiger partial charge in [-0.2, -0.15) is 0 Å². The third kappa shape index (κ3) is 5.62. The summed E-state index contributed by atoms with van der Waals surface area (Å²) in [4.78, 5) is 4.60. The topological polar surface area (TPSA) is 100 Å². The molecular formula is C22H36N6O2. The van der Waals surface area contributed by atoms with Gasteiger partial charge < -0.3 is 24.7 Å². The van der Waals surface area contributed by atoms with Crippen LogP contribution in [0, 0.1) is 13.8 Å². The van der Waals surface area contributed by atoms with Crippen LogP contribution >= 0.6 is 0 Å². The van der Waals surface area contributed by atoms with Gasteiger partial charge in [-0.1, -0.05) is 6.42 Å². The van der Waals surface area contributed by atoms with E-state index in [2.05, 4.69) is 30.4 Å². The van der Waals surface area contributed by atoms with Gasteiger partial charge in [0.1, 0.15) is 28.8 Å². The highest BCUT2D eigenvalue weighted by Gasteiger charge is 2.27. The van der Waals surface area contributed by atoms with E-state index in [9.17, 15) is 5.11 Å². The van der Waals surface area contributed by atoms with Crippen LogP contribution in [-0.4, -0.2) is 45.5 Å². The van der Waals surface area contributed by atoms with Crippen molar-refractivity contribution in [3.63, 3.8) is 0 Å². The fourth-order valence-electron chi connectivity index (χ4n) is 4.01. The molecule has 3 heterocycles. The Labute approximate surface area is 179 Å². The lowest BCUT2D eigenvalue weighted by Crippen LogP contribution is -2.39. The molecule has 2 aromatic rings. The lowest BCUT2D eigenvalue weighted by molar-refractivity contribution is 0.0657. The number of nitrogens with one attached hydrogen (secondary N) is 2. The lowest BCUT2D eigenvalue weighted by Gasteiger charge is -2.21. The van der Waals surface area contributed by atoms with Crippen LogP contribution in [0.5, 0.6) is 0 Å². The molecule has 1 aliphatic rings. The number of rotatable bonds is 8. The number of furan rings is 1. The monoisotopic (exact) mass is 416 g/mol. The minimum atomic E-state index is -1.08. The van der Waals surface area contributed by atoms with Gasteiger partial charge in [-0.15, -0.1) is 10.2 Å². The summed E-state index contributed by atoms with van der Waals surface area (Å²) in [5.74, 6) is 4.46. The van der Waals surface area contributed by atoms with Gasteiger partial charge in [0.15, 0.2) is 5.96 Å². The quantitative estimate of drug-likeness (QED) is 0.347. The van der Waals surface area contributed by atoms with Crippen molar-refractivity contribution >= 4 is 5.96 Å². The number of aryl methyl sites for hydroxylation is 4. The van der Waals surface area contributed by atoms with Gasteiger partial charge in [0, 0.05) is 38.0 Å². The maximum Gasteiger partial charge on any atom is 0.191 e. The second-order valence-corrected chi connectivity index (χ2v) is 8.32. The first-order valence-electron chi connectivity index (χ1n) is 11.1. The Morgan fingerprint density at radius 1 is 1.27 bits per heavy atom. The minimum Gasteiger partial charge on any atom is -0.466 e. The van der Waals surface area contributed by atoms with Crippen molar-refractivity contribution in [3.8, 4) is 0 Å². The first-order valence-corrected chi connectivity index (χ1v) is 11.1. The number of guanidine groups is 1. The number of aliphatic imine (C=N–C) groups is 1. The molecule has 0 aliphatic carbocycles. The van der Waals surface area contributed by atoms with Gasteiger partial charge in [-0.25, -0.2) is 4.99 Å². The Hall–Kier alpha value is -2.35. The molecule has 30 heavy (non-hydrogen) atoms. The number of aliphatic hydroxyl groups is 1. The molecule has 1 aliphatic heterocycles. The summed E-state index contributed by atoms with van der Waals surface area (Å²) in [6, 6.07) is 1.88. The smallest absolute Gasteiger partial charge is 0.191 e. The fraction of sp³-hybridized carbons (Fsp3) is 0.682. The van der Waals surface area contributed by atoms with E-state index in [0.29, 0.717) is 5.96 Å². The van der Waals surface area contributed by atoms with Gasteiger partial charge in [-0.3, -0.25) is 0 Å². The van der Waals surface area contributed by atoms with E-state index in [1.807, 2.05) is 26.8 Å². The van der Waals surface area contributed by atoms with E-state index in [-0.39, 0.29) is 6.54 Å². The Bertz CT molecular complexity index is 852. The molecule has 0 radical (unpaired) electrons. The zero-order chi connectivity index (χ0) is 21.6. The Morgan fingerprint density at radius 2 is 2.10 bits per heavy atom. The minimum absolute atomic E-state index is 0.250. The Morgan fingerprint density at radius 3 is 2.83 bits per heavy atom. The number of aromatic nitrogens is 3. The molecule has 0 saturated heterocycles. The molecule has 1 unspecified atom stereocenters.